The number of nitrogens with one attached hydrogen (secondary N) is 1. The Morgan fingerprint density at radius 3 is 2.38 bits per heavy atom. The second kappa shape index (κ2) is 9.81. The zero-order valence-electron chi connectivity index (χ0n) is 18.8. The Morgan fingerprint density at radius 2 is 1.72 bits per heavy atom. The second-order valence-electron chi connectivity index (χ2n) is 8.98. The lowest BCUT2D eigenvalue weighted by Crippen LogP contribution is -2.34. The monoisotopic (exact) mass is 434 g/mol. The highest BCUT2D eigenvalue weighted by Crippen LogP contribution is 2.35. The van der Waals surface area contributed by atoms with Crippen LogP contribution in [0.5, 0.6) is 0 Å². The average molecular weight is 435 g/mol. The number of ether oxygens (including phenoxy) is 1. The average Bonchev–Trinajstić information content (AvgIpc) is 3.20. The van der Waals surface area contributed by atoms with Crippen molar-refractivity contribution in [2.75, 3.05) is 18.4 Å². The molecule has 0 bridgehead atoms. The van der Waals surface area contributed by atoms with Crippen molar-refractivity contribution in [3.8, 4) is 0 Å². The lowest BCUT2D eigenvalue weighted by atomic mass is 9.89. The minimum absolute atomic E-state index is 0.0997. The molecule has 1 aliphatic rings. The zero-order chi connectivity index (χ0) is 23.3. The summed E-state index contributed by atoms with van der Waals surface area (Å²) in [5, 5.41) is 2.74. The highest BCUT2D eigenvalue weighted by molar-refractivity contribution is 5.99. The summed E-state index contributed by atoms with van der Waals surface area (Å²) in [5.74, 6) is -1.29. The summed E-state index contributed by atoms with van der Waals surface area (Å²) < 4.78 is 5.66. The Bertz CT molecular complexity index is 994. The molecule has 6 heteroatoms. The van der Waals surface area contributed by atoms with Gasteiger partial charge in [0.1, 0.15) is 5.60 Å². The summed E-state index contributed by atoms with van der Waals surface area (Å²) in [5.41, 5.74) is 1.70. The van der Waals surface area contributed by atoms with Crippen LogP contribution in [-0.2, 0) is 25.5 Å². The van der Waals surface area contributed by atoms with Crippen LogP contribution in [0.25, 0.3) is 0 Å². The van der Waals surface area contributed by atoms with E-state index in [-0.39, 0.29) is 30.1 Å². The molecule has 0 spiro atoms. The van der Waals surface area contributed by atoms with Gasteiger partial charge in [0.05, 0.1) is 12.3 Å². The molecule has 0 aliphatic carbocycles. The van der Waals surface area contributed by atoms with Crippen LogP contribution in [0.15, 0.2) is 67.3 Å². The Hall–Kier alpha value is -3.41. The van der Waals surface area contributed by atoms with Gasteiger partial charge in [0.15, 0.2) is 0 Å². The quantitative estimate of drug-likeness (QED) is 0.552. The number of benzene rings is 2. The lowest BCUT2D eigenvalue weighted by Gasteiger charge is -2.24. The van der Waals surface area contributed by atoms with Crippen molar-refractivity contribution in [3.63, 3.8) is 0 Å². The molecule has 2 aromatic carbocycles. The number of hydrogen-bond acceptors (Lipinski definition) is 4. The van der Waals surface area contributed by atoms with Gasteiger partial charge in [0.2, 0.25) is 11.8 Å². The summed E-state index contributed by atoms with van der Waals surface area (Å²) in [6, 6.07) is 17.0. The van der Waals surface area contributed by atoms with E-state index in [9.17, 15) is 14.4 Å². The van der Waals surface area contributed by atoms with Crippen molar-refractivity contribution >= 4 is 23.5 Å². The summed E-state index contributed by atoms with van der Waals surface area (Å²) in [4.78, 5) is 39.6. The predicted molar refractivity (Wildman–Crippen MR) is 124 cm³/mol. The number of hydrogen-bond donors (Lipinski definition) is 1. The molecule has 0 unspecified atom stereocenters. The van der Waals surface area contributed by atoms with Gasteiger partial charge < -0.3 is 15.0 Å². The fourth-order valence-electron chi connectivity index (χ4n) is 3.92. The lowest BCUT2D eigenvalue weighted by molar-refractivity contribution is -0.160. The van der Waals surface area contributed by atoms with Crippen molar-refractivity contribution in [2.45, 2.75) is 38.7 Å². The molecule has 3 rings (SSSR count). The number of nitrogens with zero attached hydrogens (tertiary/aromatic N) is 1. The largest absolute Gasteiger partial charge is 0.460 e. The smallest absolute Gasteiger partial charge is 0.311 e. The number of amides is 2. The first-order valence-corrected chi connectivity index (χ1v) is 10.7. The van der Waals surface area contributed by atoms with E-state index < -0.39 is 11.5 Å². The Morgan fingerprint density at radius 1 is 1.06 bits per heavy atom. The number of carbonyl (C=O) groups excluding carboxylic acids is 3. The highest BCUT2D eigenvalue weighted by atomic mass is 16.6. The summed E-state index contributed by atoms with van der Waals surface area (Å²) >= 11 is 0. The molecule has 1 N–H and O–H groups in total. The molecule has 2 atom stereocenters. The van der Waals surface area contributed by atoms with Crippen LogP contribution in [0.2, 0.25) is 0 Å². The fourth-order valence-corrected chi connectivity index (χ4v) is 3.92. The fraction of sp³-hybridized carbons (Fsp3) is 0.346. The standard InChI is InChI=1S/C26H30N2O4/c1-5-23(29)27-22-14-10-9-13-19(22)15-24(30)28-16-20(18-11-7-6-8-12-18)21(17-28)25(31)32-26(2,3)4/h5-14,20-21H,1,15-17H2,2-4H3,(H,27,29)/t20-,21+/m0/s1. The molecule has 2 amide bonds. The zero-order valence-corrected chi connectivity index (χ0v) is 18.8. The van der Waals surface area contributed by atoms with Crippen molar-refractivity contribution in [1.82, 2.24) is 4.90 Å². The van der Waals surface area contributed by atoms with Gasteiger partial charge in [-0.2, -0.15) is 0 Å². The number of likely N-dealkylation sites (tertiary alicyclic amines) is 1. The second-order valence-corrected chi connectivity index (χ2v) is 8.98. The molecule has 1 aliphatic heterocycles. The molecule has 0 aromatic heterocycles. The summed E-state index contributed by atoms with van der Waals surface area (Å²) in [6.07, 6.45) is 1.31. The van der Waals surface area contributed by atoms with Gasteiger partial charge in [-0.1, -0.05) is 55.1 Å². The van der Waals surface area contributed by atoms with E-state index in [1.165, 1.54) is 6.08 Å². The van der Waals surface area contributed by atoms with E-state index in [1.54, 1.807) is 17.0 Å². The van der Waals surface area contributed by atoms with Gasteiger partial charge in [-0.3, -0.25) is 14.4 Å². The summed E-state index contributed by atoms with van der Waals surface area (Å²) in [7, 11) is 0. The molecule has 168 valence electrons. The normalized spacial score (nSPS) is 18.2. The molecule has 2 aromatic rings. The third kappa shape index (κ3) is 5.84. The van der Waals surface area contributed by atoms with E-state index in [2.05, 4.69) is 11.9 Å². The highest BCUT2D eigenvalue weighted by Gasteiger charge is 2.42. The van der Waals surface area contributed by atoms with Crippen LogP contribution < -0.4 is 5.32 Å². The third-order valence-electron chi connectivity index (χ3n) is 5.41. The van der Waals surface area contributed by atoms with Crippen LogP contribution in [0.4, 0.5) is 5.69 Å². The first-order valence-electron chi connectivity index (χ1n) is 10.7. The van der Waals surface area contributed by atoms with Crippen LogP contribution in [0, 0.1) is 5.92 Å². The Kier molecular flexibility index (Phi) is 7.13. The number of rotatable bonds is 6. The van der Waals surface area contributed by atoms with Gasteiger partial charge in [-0.05, 0) is 44.0 Å². The molecule has 6 nitrogen and oxygen atoms in total. The maximum absolute atomic E-state index is 13.2. The van der Waals surface area contributed by atoms with Gasteiger partial charge in [0.25, 0.3) is 0 Å². The molecule has 32 heavy (non-hydrogen) atoms. The number of para-hydroxylation sites is 1. The number of carbonyl (C=O) groups is 3. The third-order valence-corrected chi connectivity index (χ3v) is 5.41. The van der Waals surface area contributed by atoms with Gasteiger partial charge in [0, 0.05) is 24.7 Å². The predicted octanol–water partition coefficient (Wildman–Crippen LogP) is 3.94. The van der Waals surface area contributed by atoms with Crippen molar-refractivity contribution in [1.29, 1.82) is 0 Å². The molecule has 0 radical (unpaired) electrons. The first-order chi connectivity index (χ1) is 15.2. The molecule has 1 saturated heterocycles. The first kappa shape index (κ1) is 23.3. The Balaban J connectivity index is 1.80. The van der Waals surface area contributed by atoms with Gasteiger partial charge in [-0.25, -0.2) is 0 Å². The Labute approximate surface area is 189 Å². The van der Waals surface area contributed by atoms with Gasteiger partial charge in [-0.15, -0.1) is 0 Å². The van der Waals surface area contributed by atoms with E-state index in [0.717, 1.165) is 5.56 Å². The van der Waals surface area contributed by atoms with Crippen molar-refractivity contribution in [2.24, 2.45) is 5.92 Å². The molecule has 1 fully saturated rings. The molecular weight excluding hydrogens is 404 g/mol. The number of anilines is 1. The minimum Gasteiger partial charge on any atom is -0.460 e. The van der Waals surface area contributed by atoms with Crippen molar-refractivity contribution in [3.05, 3.63) is 78.4 Å². The van der Waals surface area contributed by atoms with Gasteiger partial charge >= 0.3 is 5.97 Å². The molecular formula is C26H30N2O4. The topological polar surface area (TPSA) is 75.7 Å². The molecule has 0 saturated carbocycles. The minimum atomic E-state index is -0.599. The van der Waals surface area contributed by atoms with Crippen LogP contribution in [0.3, 0.4) is 0 Å². The van der Waals surface area contributed by atoms with Crippen LogP contribution in [-0.4, -0.2) is 41.4 Å². The van der Waals surface area contributed by atoms with Crippen molar-refractivity contribution < 1.29 is 19.1 Å². The van der Waals surface area contributed by atoms with E-state index in [4.69, 9.17) is 4.74 Å². The summed E-state index contributed by atoms with van der Waals surface area (Å²) in [6.45, 7) is 9.73. The molecule has 1 heterocycles. The number of esters is 1. The van der Waals surface area contributed by atoms with E-state index in [1.807, 2.05) is 63.2 Å². The maximum Gasteiger partial charge on any atom is 0.311 e. The van der Waals surface area contributed by atoms with Crippen LogP contribution >= 0.6 is 0 Å². The SMILES string of the molecule is C=CC(=O)Nc1ccccc1CC(=O)N1C[C@@H](C(=O)OC(C)(C)C)[C@H](c2ccccc2)C1. The van der Waals surface area contributed by atoms with Crippen LogP contribution in [0.1, 0.15) is 37.8 Å². The van der Waals surface area contributed by atoms with E-state index >= 15 is 0 Å². The maximum atomic E-state index is 13.2. The van der Waals surface area contributed by atoms with E-state index in [0.29, 0.717) is 24.3 Å².